The smallest absolute Gasteiger partial charge is 0.290 e. The number of hydrogen-bond donors (Lipinski definition) is 0. The molecule has 1 aromatic rings. The van der Waals surface area contributed by atoms with Crippen LogP contribution in [0.15, 0.2) is 22.8 Å². The molecule has 2 amide bonds. The van der Waals surface area contributed by atoms with Crippen molar-refractivity contribution in [1.29, 1.82) is 0 Å². The van der Waals surface area contributed by atoms with Crippen LogP contribution in [0.4, 0.5) is 0 Å². The van der Waals surface area contributed by atoms with Crippen LogP contribution < -0.4 is 0 Å². The molecule has 6 heteroatoms. The molecule has 1 atom stereocenters. The lowest BCUT2D eigenvalue weighted by atomic mass is 9.84. The average Bonchev–Trinajstić information content (AvgIpc) is 3.23. The number of carbonyl (C=O) groups excluding carboxylic acids is 2. The number of piperidine rings is 1. The highest BCUT2D eigenvalue weighted by atomic mass is 32.2. The van der Waals surface area contributed by atoms with Crippen molar-refractivity contribution < 1.29 is 14.0 Å². The highest BCUT2D eigenvalue weighted by molar-refractivity contribution is 8.00. The first-order valence-corrected chi connectivity index (χ1v) is 11.0. The van der Waals surface area contributed by atoms with Gasteiger partial charge in [0.2, 0.25) is 5.91 Å². The van der Waals surface area contributed by atoms with Crippen LogP contribution in [0.5, 0.6) is 0 Å². The third kappa shape index (κ3) is 4.71. The first-order chi connectivity index (χ1) is 12.7. The summed E-state index contributed by atoms with van der Waals surface area (Å²) in [5.41, 5.74) is 0.249. The van der Waals surface area contributed by atoms with E-state index in [2.05, 4.69) is 27.7 Å². The molecule has 1 unspecified atom stereocenters. The molecule has 0 N–H and O–H groups in total. The average molecular weight is 393 g/mol. The molecule has 0 radical (unpaired) electrons. The maximum Gasteiger partial charge on any atom is 0.290 e. The molecule has 2 fully saturated rings. The molecular weight excluding hydrogens is 360 g/mol. The maximum absolute atomic E-state index is 12.8. The van der Waals surface area contributed by atoms with E-state index in [1.54, 1.807) is 18.4 Å². The van der Waals surface area contributed by atoms with Gasteiger partial charge in [-0.1, -0.05) is 27.7 Å². The van der Waals surface area contributed by atoms with Crippen LogP contribution in [0.1, 0.15) is 63.9 Å². The van der Waals surface area contributed by atoms with Crippen molar-refractivity contribution >= 4 is 23.6 Å². The minimum Gasteiger partial charge on any atom is -0.459 e. The summed E-state index contributed by atoms with van der Waals surface area (Å²) in [4.78, 5) is 29.3. The lowest BCUT2D eigenvalue weighted by Gasteiger charge is -2.44. The van der Waals surface area contributed by atoms with Gasteiger partial charge in [0.05, 0.1) is 11.1 Å². The number of nitrogens with zero attached hydrogens (tertiary/aromatic N) is 2. The third-order valence-corrected chi connectivity index (χ3v) is 7.09. The van der Waals surface area contributed by atoms with Gasteiger partial charge < -0.3 is 14.2 Å². The Hall–Kier alpha value is -1.43. The van der Waals surface area contributed by atoms with Crippen LogP contribution >= 0.6 is 11.8 Å². The number of amides is 2. The normalized spacial score (nSPS) is 20.9. The van der Waals surface area contributed by atoms with Crippen molar-refractivity contribution in [2.24, 2.45) is 11.3 Å². The molecule has 0 saturated carbocycles. The molecule has 0 aliphatic carbocycles. The predicted octanol–water partition coefficient (Wildman–Crippen LogP) is 4.25. The van der Waals surface area contributed by atoms with Gasteiger partial charge in [-0.3, -0.25) is 9.59 Å². The van der Waals surface area contributed by atoms with Crippen molar-refractivity contribution in [1.82, 2.24) is 9.80 Å². The topological polar surface area (TPSA) is 53.8 Å². The summed E-state index contributed by atoms with van der Waals surface area (Å²) in [6.45, 7) is 11.1. The largest absolute Gasteiger partial charge is 0.459 e. The Morgan fingerprint density at radius 3 is 2.56 bits per heavy atom. The second-order valence-electron chi connectivity index (χ2n) is 9.18. The van der Waals surface area contributed by atoms with Crippen molar-refractivity contribution in [3.05, 3.63) is 24.2 Å². The van der Waals surface area contributed by atoms with E-state index in [9.17, 15) is 9.59 Å². The van der Waals surface area contributed by atoms with E-state index < -0.39 is 0 Å². The molecule has 27 heavy (non-hydrogen) atoms. The zero-order valence-electron chi connectivity index (χ0n) is 17.0. The molecule has 150 valence electrons. The fourth-order valence-corrected chi connectivity index (χ4v) is 5.95. The van der Waals surface area contributed by atoms with Gasteiger partial charge in [0.15, 0.2) is 5.76 Å². The number of carbonyl (C=O) groups is 2. The first kappa shape index (κ1) is 20.3. The summed E-state index contributed by atoms with van der Waals surface area (Å²) >= 11 is 1.86. The summed E-state index contributed by atoms with van der Waals surface area (Å²) < 4.78 is 5.32. The van der Waals surface area contributed by atoms with Crippen LogP contribution in [0.2, 0.25) is 0 Å². The number of likely N-dealkylation sites (tertiary alicyclic amines) is 1. The molecular formula is C21H32N2O3S. The van der Waals surface area contributed by atoms with E-state index in [1.165, 1.54) is 0 Å². The lowest BCUT2D eigenvalue weighted by Crippen LogP contribution is -2.53. The van der Waals surface area contributed by atoms with Gasteiger partial charge in [-0.15, -0.1) is 11.8 Å². The number of furan rings is 1. The zero-order valence-corrected chi connectivity index (χ0v) is 17.8. The summed E-state index contributed by atoms with van der Waals surface area (Å²) in [5.74, 6) is 1.98. The van der Waals surface area contributed by atoms with Gasteiger partial charge in [0.25, 0.3) is 5.91 Å². The van der Waals surface area contributed by atoms with E-state index in [1.807, 2.05) is 21.6 Å². The first-order valence-electron chi connectivity index (χ1n) is 9.97. The third-order valence-electron chi connectivity index (χ3n) is 5.54. The molecule has 3 heterocycles. The predicted molar refractivity (Wildman–Crippen MR) is 109 cm³/mol. The van der Waals surface area contributed by atoms with Crippen LogP contribution in [0.3, 0.4) is 0 Å². The van der Waals surface area contributed by atoms with E-state index in [-0.39, 0.29) is 22.1 Å². The molecule has 5 nitrogen and oxygen atoms in total. The Balaban J connectivity index is 1.57. The number of hydrogen-bond acceptors (Lipinski definition) is 4. The van der Waals surface area contributed by atoms with Crippen molar-refractivity contribution in [2.75, 3.05) is 25.4 Å². The highest BCUT2D eigenvalue weighted by Gasteiger charge is 2.47. The second-order valence-corrected chi connectivity index (χ2v) is 10.6. The maximum atomic E-state index is 12.8. The van der Waals surface area contributed by atoms with Crippen LogP contribution in [0.25, 0.3) is 0 Å². The van der Waals surface area contributed by atoms with Gasteiger partial charge in [0.1, 0.15) is 0 Å². The summed E-state index contributed by atoms with van der Waals surface area (Å²) in [7, 11) is 0. The SMILES string of the molecule is CC(CC(=O)N1CCC2(CC1)SCCN2C(=O)c1ccco1)CC(C)(C)C. The fourth-order valence-electron chi connectivity index (χ4n) is 4.49. The Kier molecular flexibility index (Phi) is 5.94. The van der Waals surface area contributed by atoms with Gasteiger partial charge in [-0.25, -0.2) is 0 Å². The van der Waals surface area contributed by atoms with Crippen LogP contribution in [-0.4, -0.2) is 51.9 Å². The molecule has 0 bridgehead atoms. The van der Waals surface area contributed by atoms with Crippen LogP contribution in [-0.2, 0) is 4.79 Å². The molecule has 2 saturated heterocycles. The summed E-state index contributed by atoms with van der Waals surface area (Å²) in [5, 5.41) is 0. The monoisotopic (exact) mass is 392 g/mol. The molecule has 2 aliphatic heterocycles. The zero-order chi connectivity index (χ0) is 19.7. The molecule has 2 aliphatic rings. The molecule has 0 aromatic carbocycles. The Morgan fingerprint density at radius 2 is 1.96 bits per heavy atom. The van der Waals surface area contributed by atoms with Gasteiger partial charge in [-0.2, -0.15) is 0 Å². The minimum atomic E-state index is -0.183. The fraction of sp³-hybridized carbons (Fsp3) is 0.714. The van der Waals surface area contributed by atoms with Crippen molar-refractivity contribution in [3.8, 4) is 0 Å². The van der Waals surface area contributed by atoms with Crippen molar-refractivity contribution in [3.63, 3.8) is 0 Å². The van der Waals surface area contributed by atoms with Crippen molar-refractivity contribution in [2.45, 2.75) is 58.2 Å². The Morgan fingerprint density at radius 1 is 1.26 bits per heavy atom. The van der Waals surface area contributed by atoms with E-state index in [0.717, 1.165) is 44.6 Å². The highest BCUT2D eigenvalue weighted by Crippen LogP contribution is 2.44. The Labute approximate surface area is 166 Å². The summed E-state index contributed by atoms with van der Waals surface area (Å²) in [6, 6.07) is 3.48. The minimum absolute atomic E-state index is 0.0245. The molecule has 3 rings (SSSR count). The van der Waals surface area contributed by atoms with Crippen LogP contribution in [0, 0.1) is 11.3 Å². The standard InChI is InChI=1S/C21H32N2O3S/c1-16(15-20(2,3)4)14-18(24)22-9-7-21(8-10-22)23(11-13-27-21)19(25)17-6-5-12-26-17/h5-6,12,16H,7-11,13-15H2,1-4H3. The summed E-state index contributed by atoms with van der Waals surface area (Å²) in [6.07, 6.45) is 4.89. The molecule has 1 spiro atoms. The Bertz CT molecular complexity index is 657. The quantitative estimate of drug-likeness (QED) is 0.769. The van der Waals surface area contributed by atoms with Gasteiger partial charge >= 0.3 is 0 Å². The van der Waals surface area contributed by atoms with E-state index in [0.29, 0.717) is 18.1 Å². The second kappa shape index (κ2) is 7.90. The van der Waals surface area contributed by atoms with Gasteiger partial charge in [0, 0.05) is 31.8 Å². The molecule has 1 aromatic heterocycles. The number of thioether (sulfide) groups is 1. The number of rotatable bonds is 4. The lowest BCUT2D eigenvalue weighted by molar-refractivity contribution is -0.133. The van der Waals surface area contributed by atoms with E-state index >= 15 is 0 Å². The van der Waals surface area contributed by atoms with E-state index in [4.69, 9.17) is 4.42 Å². The van der Waals surface area contributed by atoms with Gasteiger partial charge in [-0.05, 0) is 42.7 Å².